The van der Waals surface area contributed by atoms with Gasteiger partial charge in [0, 0.05) is 18.0 Å². The van der Waals surface area contributed by atoms with Crippen LogP contribution >= 0.6 is 11.8 Å². The van der Waals surface area contributed by atoms with Crippen molar-refractivity contribution in [3.8, 4) is 0 Å². The van der Waals surface area contributed by atoms with Crippen LogP contribution in [0.3, 0.4) is 0 Å². The third-order valence-electron chi connectivity index (χ3n) is 6.65. The normalized spacial score (nSPS) is 17.2. The second kappa shape index (κ2) is 11.3. The van der Waals surface area contributed by atoms with E-state index >= 15 is 0 Å². The predicted octanol–water partition coefficient (Wildman–Crippen LogP) is 4.46. The van der Waals surface area contributed by atoms with Crippen LogP contribution in [0.4, 0.5) is 5.69 Å². The lowest BCUT2D eigenvalue weighted by Gasteiger charge is -2.36. The molecule has 0 bridgehead atoms. The molecule has 2 aliphatic rings. The summed E-state index contributed by atoms with van der Waals surface area (Å²) in [5.74, 6) is -1.10. The van der Waals surface area contributed by atoms with Gasteiger partial charge in [-0.05, 0) is 82.7 Å². The van der Waals surface area contributed by atoms with Gasteiger partial charge in [0.05, 0.1) is 17.9 Å². The summed E-state index contributed by atoms with van der Waals surface area (Å²) in [6, 6.07) is 14.6. The zero-order chi connectivity index (χ0) is 25.8. The number of benzene rings is 2. The number of hydrogen-bond donors (Lipinski definition) is 0. The number of ether oxygens (including phenoxy) is 1. The van der Waals surface area contributed by atoms with Crippen LogP contribution in [0.2, 0.25) is 0 Å². The van der Waals surface area contributed by atoms with Gasteiger partial charge in [0.2, 0.25) is 0 Å². The molecule has 1 fully saturated rings. The number of imide groups is 1. The average molecular weight is 508 g/mol. The van der Waals surface area contributed by atoms with Crippen LogP contribution in [-0.2, 0) is 14.3 Å². The van der Waals surface area contributed by atoms with E-state index in [1.165, 1.54) is 16.7 Å². The van der Waals surface area contributed by atoms with Crippen LogP contribution in [-0.4, -0.2) is 67.4 Å². The Bertz CT molecular complexity index is 1150. The second-order valence-electron chi connectivity index (χ2n) is 9.37. The molecule has 0 unspecified atom stereocenters. The second-order valence-corrected chi connectivity index (χ2v) is 10.5. The number of nitrogens with zero attached hydrogens (tertiary/aromatic N) is 3. The van der Waals surface area contributed by atoms with Crippen LogP contribution < -0.4 is 4.90 Å². The number of carbonyl (C=O) groups excluding carboxylic acids is 3. The molecular weight excluding hydrogens is 474 g/mol. The van der Waals surface area contributed by atoms with E-state index in [1.54, 1.807) is 24.3 Å². The summed E-state index contributed by atoms with van der Waals surface area (Å²) in [7, 11) is 4.02. The number of piperidine rings is 1. The Morgan fingerprint density at radius 2 is 1.67 bits per heavy atom. The first-order valence-electron chi connectivity index (χ1n) is 12.4. The summed E-state index contributed by atoms with van der Waals surface area (Å²) in [6.07, 6.45) is 2.59. The lowest BCUT2D eigenvalue weighted by molar-refractivity contribution is -0.121. The molecule has 36 heavy (non-hydrogen) atoms. The molecule has 0 radical (unpaired) electrons. The number of thioether (sulfide) groups is 1. The van der Waals surface area contributed by atoms with Crippen molar-refractivity contribution in [2.45, 2.75) is 44.0 Å². The van der Waals surface area contributed by atoms with E-state index in [1.807, 2.05) is 50.1 Å². The van der Waals surface area contributed by atoms with Crippen molar-refractivity contribution in [1.82, 2.24) is 9.80 Å². The molecule has 7 nitrogen and oxygen atoms in total. The minimum absolute atomic E-state index is 0.178. The summed E-state index contributed by atoms with van der Waals surface area (Å²) in [5, 5.41) is 0. The summed E-state index contributed by atoms with van der Waals surface area (Å²) in [4.78, 5) is 46.5. The molecule has 1 saturated heterocycles. The van der Waals surface area contributed by atoms with E-state index in [0.29, 0.717) is 28.5 Å². The Hall–Kier alpha value is -3.10. The van der Waals surface area contributed by atoms with Gasteiger partial charge in [-0.25, -0.2) is 9.69 Å². The molecule has 2 aromatic rings. The van der Waals surface area contributed by atoms with E-state index in [-0.39, 0.29) is 17.9 Å². The molecule has 190 valence electrons. The highest BCUT2D eigenvalue weighted by molar-refractivity contribution is 8.04. The number of likely N-dealkylation sites (tertiary alicyclic amines) is 1. The smallest absolute Gasteiger partial charge is 0.338 e. The first-order chi connectivity index (χ1) is 17.3. The number of likely N-dealkylation sites (N-methyl/N-ethyl adjacent to an activating group) is 1. The largest absolute Gasteiger partial charge is 0.462 e. The maximum atomic E-state index is 13.8. The molecular formula is C28H33N3O4S. The van der Waals surface area contributed by atoms with Crippen molar-refractivity contribution >= 4 is 35.2 Å². The van der Waals surface area contributed by atoms with Crippen molar-refractivity contribution < 1.29 is 19.1 Å². The Morgan fingerprint density at radius 3 is 2.28 bits per heavy atom. The fourth-order valence-corrected chi connectivity index (χ4v) is 5.46. The lowest BCUT2D eigenvalue weighted by atomic mass is 10.0. The molecule has 0 saturated carbocycles. The molecule has 2 amide bonds. The van der Waals surface area contributed by atoms with Crippen molar-refractivity contribution in [3.63, 3.8) is 0 Å². The number of amides is 2. The summed E-state index contributed by atoms with van der Waals surface area (Å²) >= 11 is 1.33. The van der Waals surface area contributed by atoms with Crippen LogP contribution in [0, 0.1) is 6.92 Å². The van der Waals surface area contributed by atoms with E-state index in [9.17, 15) is 14.4 Å². The minimum atomic E-state index is -0.418. The number of anilines is 1. The Labute approximate surface area is 217 Å². The topological polar surface area (TPSA) is 70.2 Å². The number of aryl methyl sites for hydroxylation is 1. The van der Waals surface area contributed by atoms with Gasteiger partial charge < -0.3 is 14.5 Å². The fourth-order valence-electron chi connectivity index (χ4n) is 4.45. The summed E-state index contributed by atoms with van der Waals surface area (Å²) in [6.45, 7) is 6.19. The van der Waals surface area contributed by atoms with Crippen LogP contribution in [0.5, 0.6) is 0 Å². The van der Waals surface area contributed by atoms with E-state index in [0.717, 1.165) is 42.8 Å². The van der Waals surface area contributed by atoms with Crippen molar-refractivity contribution in [2.75, 3.05) is 38.7 Å². The van der Waals surface area contributed by atoms with Crippen LogP contribution in [0.25, 0.3) is 0 Å². The Kier molecular flexibility index (Phi) is 8.16. The van der Waals surface area contributed by atoms with Crippen molar-refractivity contribution in [1.29, 1.82) is 0 Å². The van der Waals surface area contributed by atoms with E-state index in [2.05, 4.69) is 11.9 Å². The lowest BCUT2D eigenvalue weighted by Crippen LogP contribution is -2.43. The zero-order valence-electron chi connectivity index (χ0n) is 21.3. The molecule has 0 N–H and O–H groups in total. The quantitative estimate of drug-likeness (QED) is 0.386. The number of rotatable bonds is 8. The molecule has 0 atom stereocenters. The first-order valence-corrected chi connectivity index (χ1v) is 13.2. The van der Waals surface area contributed by atoms with Gasteiger partial charge in [-0.1, -0.05) is 36.4 Å². The molecule has 0 spiro atoms. The summed E-state index contributed by atoms with van der Waals surface area (Å²) < 4.78 is 5.19. The summed E-state index contributed by atoms with van der Waals surface area (Å²) in [5.41, 5.74) is 2.39. The minimum Gasteiger partial charge on any atom is -0.462 e. The molecule has 0 aliphatic carbocycles. The van der Waals surface area contributed by atoms with Crippen LogP contribution in [0.1, 0.15) is 42.1 Å². The predicted molar refractivity (Wildman–Crippen MR) is 142 cm³/mol. The zero-order valence-corrected chi connectivity index (χ0v) is 22.1. The van der Waals surface area contributed by atoms with Gasteiger partial charge in [0.15, 0.2) is 0 Å². The van der Waals surface area contributed by atoms with Gasteiger partial charge in [0.25, 0.3) is 11.8 Å². The van der Waals surface area contributed by atoms with E-state index < -0.39 is 5.97 Å². The van der Waals surface area contributed by atoms with Gasteiger partial charge in [-0.3, -0.25) is 9.59 Å². The Morgan fingerprint density at radius 1 is 1.03 bits per heavy atom. The highest BCUT2D eigenvalue weighted by Crippen LogP contribution is 2.39. The first kappa shape index (κ1) is 26.0. The average Bonchev–Trinajstić information content (AvgIpc) is 3.12. The maximum Gasteiger partial charge on any atom is 0.338 e. The van der Waals surface area contributed by atoms with Crippen LogP contribution in [0.15, 0.2) is 64.0 Å². The third-order valence-corrected chi connectivity index (χ3v) is 7.73. The fraction of sp³-hybridized carbons (Fsp3) is 0.393. The number of carbonyl (C=O) groups is 3. The molecule has 4 rings (SSSR count). The molecule has 0 aromatic heterocycles. The van der Waals surface area contributed by atoms with Gasteiger partial charge in [-0.2, -0.15) is 0 Å². The van der Waals surface area contributed by atoms with E-state index in [4.69, 9.17) is 4.74 Å². The standard InChI is InChI=1S/C28H33N3O4S/c1-5-18-35-28(34)20-8-10-22(11-9-20)31-26(32)24(30(4)21-14-16-29(3)17-15-21)25(27(31)33)36-23-12-6-19(2)7-13-23/h6-13,21H,5,14-18H2,1-4H3. The van der Waals surface area contributed by atoms with Crippen molar-refractivity contribution in [3.05, 3.63) is 70.3 Å². The Balaban J connectivity index is 1.64. The molecule has 2 heterocycles. The molecule has 2 aliphatic heterocycles. The monoisotopic (exact) mass is 507 g/mol. The highest BCUT2D eigenvalue weighted by Gasteiger charge is 2.43. The number of esters is 1. The third kappa shape index (κ3) is 5.50. The maximum absolute atomic E-state index is 13.8. The highest BCUT2D eigenvalue weighted by atomic mass is 32.2. The SMILES string of the molecule is CCCOC(=O)c1ccc(N2C(=O)C(Sc3ccc(C)cc3)=C(N(C)C3CCN(C)CC3)C2=O)cc1. The van der Waals surface area contributed by atoms with Gasteiger partial charge >= 0.3 is 5.97 Å². The van der Waals surface area contributed by atoms with Gasteiger partial charge in [0.1, 0.15) is 10.6 Å². The van der Waals surface area contributed by atoms with Crippen molar-refractivity contribution in [2.24, 2.45) is 0 Å². The van der Waals surface area contributed by atoms with Gasteiger partial charge in [-0.15, -0.1) is 0 Å². The molecule has 8 heteroatoms. The molecule has 2 aromatic carbocycles. The number of hydrogen-bond acceptors (Lipinski definition) is 7.